The van der Waals surface area contributed by atoms with Crippen molar-refractivity contribution >= 4 is 6.21 Å². The van der Waals surface area contributed by atoms with Crippen molar-refractivity contribution in [1.29, 1.82) is 0 Å². The second kappa shape index (κ2) is 4.80. The Morgan fingerprint density at radius 3 is 3.15 bits per heavy atom. The lowest BCUT2D eigenvalue weighted by molar-refractivity contribution is 0.608. The van der Waals surface area contributed by atoms with E-state index in [1.165, 1.54) is 0 Å². The molecule has 70 valence electrons. The van der Waals surface area contributed by atoms with E-state index in [0.29, 0.717) is 5.92 Å². The molecule has 1 nitrogen and oxygen atoms in total. The van der Waals surface area contributed by atoms with Crippen molar-refractivity contribution in [3.8, 4) is 0 Å². The van der Waals surface area contributed by atoms with Crippen LogP contribution in [-0.4, -0.2) is 6.21 Å². The summed E-state index contributed by atoms with van der Waals surface area (Å²) in [5.74, 6) is 0.647. The Hall–Kier alpha value is -1.11. The minimum atomic E-state index is 0.647. The molecule has 0 radical (unpaired) electrons. The van der Waals surface area contributed by atoms with Gasteiger partial charge in [-0.05, 0) is 32.1 Å². The van der Waals surface area contributed by atoms with E-state index in [0.717, 1.165) is 30.5 Å². The monoisotopic (exact) mass is 175 g/mol. The molecule has 1 unspecified atom stereocenters. The Bertz CT molecular complexity index is 258. The van der Waals surface area contributed by atoms with Crippen LogP contribution in [0.3, 0.4) is 0 Å². The lowest BCUT2D eigenvalue weighted by atomic mass is 9.95. The molecule has 0 aromatic rings. The third-order valence-electron chi connectivity index (χ3n) is 2.30. The lowest BCUT2D eigenvalue weighted by Crippen LogP contribution is -2.02. The SMILES string of the molecule is C=CC(=C)CCC1C=C(C)N=CC1. The molecule has 0 aliphatic carbocycles. The van der Waals surface area contributed by atoms with Crippen molar-refractivity contribution in [1.82, 2.24) is 0 Å². The summed E-state index contributed by atoms with van der Waals surface area (Å²) in [6, 6.07) is 0. The van der Waals surface area contributed by atoms with Crippen molar-refractivity contribution in [2.45, 2.75) is 26.2 Å². The van der Waals surface area contributed by atoms with Crippen LogP contribution in [-0.2, 0) is 0 Å². The van der Waals surface area contributed by atoms with Crippen LogP contribution in [0.15, 0.2) is 41.6 Å². The number of rotatable bonds is 4. The zero-order chi connectivity index (χ0) is 9.68. The second-order valence-electron chi connectivity index (χ2n) is 3.52. The standard InChI is InChI=1S/C12H17N/c1-4-10(2)5-6-12-7-8-13-11(3)9-12/h4,8-9,12H,1-2,5-7H2,3H3. The minimum absolute atomic E-state index is 0.647. The maximum atomic E-state index is 4.22. The highest BCUT2D eigenvalue weighted by Crippen LogP contribution is 2.20. The highest BCUT2D eigenvalue weighted by molar-refractivity contribution is 5.61. The van der Waals surface area contributed by atoms with Crippen LogP contribution in [0.1, 0.15) is 26.2 Å². The highest BCUT2D eigenvalue weighted by Gasteiger charge is 2.07. The van der Waals surface area contributed by atoms with Crippen molar-refractivity contribution in [2.75, 3.05) is 0 Å². The normalized spacial score (nSPS) is 21.0. The topological polar surface area (TPSA) is 12.4 Å². The maximum absolute atomic E-state index is 4.22. The molecule has 0 bridgehead atoms. The van der Waals surface area contributed by atoms with E-state index in [-0.39, 0.29) is 0 Å². The van der Waals surface area contributed by atoms with Gasteiger partial charge in [0, 0.05) is 11.9 Å². The van der Waals surface area contributed by atoms with Gasteiger partial charge in [-0.2, -0.15) is 0 Å². The van der Waals surface area contributed by atoms with Gasteiger partial charge in [-0.1, -0.05) is 30.9 Å². The molecule has 0 saturated carbocycles. The quantitative estimate of drug-likeness (QED) is 0.580. The maximum Gasteiger partial charge on any atom is 0.0331 e. The number of nitrogens with zero attached hydrogens (tertiary/aromatic N) is 1. The average Bonchev–Trinajstić information content (AvgIpc) is 2.14. The Labute approximate surface area is 80.6 Å². The summed E-state index contributed by atoms with van der Waals surface area (Å²) in [7, 11) is 0. The number of hydrogen-bond donors (Lipinski definition) is 0. The first-order valence-corrected chi connectivity index (χ1v) is 4.73. The average molecular weight is 175 g/mol. The predicted octanol–water partition coefficient (Wildman–Crippen LogP) is 3.50. The predicted molar refractivity (Wildman–Crippen MR) is 58.9 cm³/mol. The fourth-order valence-corrected chi connectivity index (χ4v) is 1.46. The van der Waals surface area contributed by atoms with E-state index in [9.17, 15) is 0 Å². The molecule has 0 aromatic carbocycles. The summed E-state index contributed by atoms with van der Waals surface area (Å²) in [6.45, 7) is 9.65. The first kappa shape index (κ1) is 9.97. The molecular formula is C12H17N. The van der Waals surface area contributed by atoms with Gasteiger partial charge in [-0.15, -0.1) is 0 Å². The third-order valence-corrected chi connectivity index (χ3v) is 2.30. The number of allylic oxidation sites excluding steroid dienone is 4. The molecule has 0 saturated heterocycles. The number of aliphatic imine (C=N–C) groups is 1. The van der Waals surface area contributed by atoms with Gasteiger partial charge < -0.3 is 0 Å². The Balaban J connectivity index is 2.35. The second-order valence-corrected chi connectivity index (χ2v) is 3.52. The third kappa shape index (κ3) is 3.41. The molecule has 1 atom stereocenters. The highest BCUT2D eigenvalue weighted by atomic mass is 14.7. The minimum Gasteiger partial charge on any atom is -0.266 e. The van der Waals surface area contributed by atoms with Crippen molar-refractivity contribution in [2.24, 2.45) is 10.9 Å². The van der Waals surface area contributed by atoms with Crippen LogP contribution in [0.25, 0.3) is 0 Å². The largest absolute Gasteiger partial charge is 0.266 e. The summed E-state index contributed by atoms with van der Waals surface area (Å²) in [5, 5.41) is 0. The zero-order valence-electron chi connectivity index (χ0n) is 8.29. The van der Waals surface area contributed by atoms with Gasteiger partial charge in [0.15, 0.2) is 0 Å². The van der Waals surface area contributed by atoms with Gasteiger partial charge in [0.25, 0.3) is 0 Å². The van der Waals surface area contributed by atoms with Crippen molar-refractivity contribution in [3.05, 3.63) is 36.6 Å². The molecule has 0 N–H and O–H groups in total. The Morgan fingerprint density at radius 1 is 1.77 bits per heavy atom. The Kier molecular flexibility index (Phi) is 3.69. The van der Waals surface area contributed by atoms with Crippen LogP contribution >= 0.6 is 0 Å². The number of hydrogen-bond acceptors (Lipinski definition) is 1. The molecule has 1 heterocycles. The van der Waals surface area contributed by atoms with Crippen LogP contribution < -0.4 is 0 Å². The molecule has 0 aromatic heterocycles. The van der Waals surface area contributed by atoms with Crippen molar-refractivity contribution < 1.29 is 0 Å². The van der Waals surface area contributed by atoms with Crippen LogP contribution in [0.4, 0.5) is 0 Å². The van der Waals surface area contributed by atoms with Gasteiger partial charge in [-0.25, -0.2) is 0 Å². The summed E-state index contributed by atoms with van der Waals surface area (Å²) < 4.78 is 0. The van der Waals surface area contributed by atoms with E-state index in [1.54, 1.807) is 0 Å². The molecule has 0 amide bonds. The Morgan fingerprint density at radius 2 is 2.54 bits per heavy atom. The lowest BCUT2D eigenvalue weighted by Gasteiger charge is -2.14. The van der Waals surface area contributed by atoms with Gasteiger partial charge in [0.05, 0.1) is 0 Å². The fraction of sp³-hybridized carbons (Fsp3) is 0.417. The van der Waals surface area contributed by atoms with Gasteiger partial charge in [0.2, 0.25) is 0 Å². The van der Waals surface area contributed by atoms with E-state index < -0.39 is 0 Å². The molecule has 0 spiro atoms. The summed E-state index contributed by atoms with van der Waals surface area (Å²) in [6.07, 6.45) is 9.38. The van der Waals surface area contributed by atoms with E-state index in [2.05, 4.69) is 24.2 Å². The van der Waals surface area contributed by atoms with Gasteiger partial charge >= 0.3 is 0 Å². The van der Waals surface area contributed by atoms with Crippen LogP contribution in [0, 0.1) is 5.92 Å². The molecule has 1 heteroatoms. The van der Waals surface area contributed by atoms with E-state index in [4.69, 9.17) is 0 Å². The van der Waals surface area contributed by atoms with E-state index >= 15 is 0 Å². The first-order chi connectivity index (χ1) is 6.22. The molecule has 1 rings (SSSR count). The van der Waals surface area contributed by atoms with Gasteiger partial charge in [0.1, 0.15) is 0 Å². The molecule has 13 heavy (non-hydrogen) atoms. The molecular weight excluding hydrogens is 158 g/mol. The molecule has 0 fully saturated rings. The summed E-state index contributed by atoms with van der Waals surface area (Å²) in [4.78, 5) is 4.22. The zero-order valence-corrected chi connectivity index (χ0v) is 8.29. The first-order valence-electron chi connectivity index (χ1n) is 4.73. The van der Waals surface area contributed by atoms with E-state index in [1.807, 2.05) is 19.2 Å². The fourth-order valence-electron chi connectivity index (χ4n) is 1.46. The summed E-state index contributed by atoms with van der Waals surface area (Å²) >= 11 is 0. The van der Waals surface area contributed by atoms with Crippen molar-refractivity contribution in [3.63, 3.8) is 0 Å². The smallest absolute Gasteiger partial charge is 0.0331 e. The van der Waals surface area contributed by atoms with Gasteiger partial charge in [-0.3, -0.25) is 4.99 Å². The van der Waals surface area contributed by atoms with Crippen LogP contribution in [0.5, 0.6) is 0 Å². The molecule has 1 aliphatic rings. The van der Waals surface area contributed by atoms with Crippen LogP contribution in [0.2, 0.25) is 0 Å². The molecule has 1 aliphatic heterocycles. The summed E-state index contributed by atoms with van der Waals surface area (Å²) in [5.41, 5.74) is 2.27.